The molecule has 3 rings (SSSR count). The number of hydrogen-bond acceptors (Lipinski definition) is 5. The molecule has 28 heavy (non-hydrogen) atoms. The molecular weight excluding hydrogens is 364 g/mol. The Morgan fingerprint density at radius 3 is 1.75 bits per heavy atom. The molecule has 0 spiro atoms. The van der Waals surface area contributed by atoms with Gasteiger partial charge in [-0.25, -0.2) is 4.98 Å². The third kappa shape index (κ3) is 4.53. The first-order valence-corrected chi connectivity index (χ1v) is 10.7. The van der Waals surface area contributed by atoms with Gasteiger partial charge < -0.3 is 14.7 Å². The largest absolute Gasteiger partial charge is 0.378 e. The maximum absolute atomic E-state index is 5.03. The molecule has 1 atom stereocenters. The second kappa shape index (κ2) is 8.58. The van der Waals surface area contributed by atoms with Gasteiger partial charge in [0.2, 0.25) is 0 Å². The number of thioether (sulfide) groups is 1. The molecule has 0 amide bonds. The molecule has 0 aliphatic carbocycles. The smallest absolute Gasteiger partial charge is 0.0741 e. The number of rotatable bonds is 7. The molecule has 1 heterocycles. The van der Waals surface area contributed by atoms with E-state index >= 15 is 0 Å². The molecule has 1 aromatic heterocycles. The van der Waals surface area contributed by atoms with E-state index < -0.39 is 0 Å². The Morgan fingerprint density at radius 1 is 0.821 bits per heavy atom. The fraction of sp³-hybridized carbons (Fsp3) is 0.435. The maximum Gasteiger partial charge on any atom is 0.0741 e. The highest BCUT2D eigenvalue weighted by Gasteiger charge is 2.14. The SMILES string of the molecule is C[C@@H](CSc1c2ccc(N(C)C)cc2nc2cc(N(C)C)ccc12)CN(C)C. The number of anilines is 2. The molecule has 5 heteroatoms. The zero-order chi connectivity index (χ0) is 20.4. The Labute approximate surface area is 173 Å². The van der Waals surface area contributed by atoms with Crippen molar-refractivity contribution in [2.24, 2.45) is 5.92 Å². The first kappa shape index (κ1) is 20.7. The van der Waals surface area contributed by atoms with E-state index in [4.69, 9.17) is 4.98 Å². The Balaban J connectivity index is 2.12. The molecule has 2 aromatic carbocycles. The lowest BCUT2D eigenvalue weighted by Gasteiger charge is -2.19. The van der Waals surface area contributed by atoms with Crippen molar-refractivity contribution in [1.29, 1.82) is 0 Å². The van der Waals surface area contributed by atoms with Gasteiger partial charge in [0.05, 0.1) is 11.0 Å². The fourth-order valence-electron chi connectivity index (χ4n) is 3.50. The number of nitrogens with zero attached hydrogens (tertiary/aromatic N) is 4. The van der Waals surface area contributed by atoms with Crippen molar-refractivity contribution in [3.05, 3.63) is 36.4 Å². The summed E-state index contributed by atoms with van der Waals surface area (Å²) in [5, 5.41) is 2.50. The molecule has 0 saturated heterocycles. The Kier molecular flexibility index (Phi) is 6.36. The van der Waals surface area contributed by atoms with Gasteiger partial charge in [-0.05, 0) is 56.4 Å². The molecule has 0 unspecified atom stereocenters. The molecule has 4 nitrogen and oxygen atoms in total. The van der Waals surface area contributed by atoms with Crippen molar-refractivity contribution in [1.82, 2.24) is 9.88 Å². The van der Waals surface area contributed by atoms with Crippen LogP contribution in [-0.4, -0.2) is 64.5 Å². The van der Waals surface area contributed by atoms with Gasteiger partial charge in [-0.1, -0.05) is 6.92 Å². The van der Waals surface area contributed by atoms with E-state index in [2.05, 4.69) is 100 Å². The number of pyridine rings is 1. The van der Waals surface area contributed by atoms with E-state index in [0.29, 0.717) is 5.92 Å². The summed E-state index contributed by atoms with van der Waals surface area (Å²) < 4.78 is 0. The van der Waals surface area contributed by atoms with Crippen molar-refractivity contribution in [3.8, 4) is 0 Å². The van der Waals surface area contributed by atoms with Gasteiger partial charge in [0.25, 0.3) is 0 Å². The van der Waals surface area contributed by atoms with E-state index in [-0.39, 0.29) is 0 Å². The molecule has 0 aliphatic rings. The van der Waals surface area contributed by atoms with Crippen LogP contribution in [0.5, 0.6) is 0 Å². The molecule has 0 saturated carbocycles. The van der Waals surface area contributed by atoms with Crippen molar-refractivity contribution < 1.29 is 0 Å². The average Bonchev–Trinajstić information content (AvgIpc) is 2.63. The van der Waals surface area contributed by atoms with E-state index in [9.17, 15) is 0 Å². The quantitative estimate of drug-likeness (QED) is 0.421. The summed E-state index contributed by atoms with van der Waals surface area (Å²) in [7, 11) is 12.6. The number of hydrogen-bond donors (Lipinski definition) is 0. The van der Waals surface area contributed by atoms with Gasteiger partial charge in [-0.3, -0.25) is 0 Å². The lowest BCUT2D eigenvalue weighted by atomic mass is 10.1. The van der Waals surface area contributed by atoms with E-state index in [1.165, 1.54) is 27.0 Å². The van der Waals surface area contributed by atoms with Crippen LogP contribution in [0.25, 0.3) is 21.8 Å². The maximum atomic E-state index is 5.03. The summed E-state index contributed by atoms with van der Waals surface area (Å²) in [6, 6.07) is 13.2. The highest BCUT2D eigenvalue weighted by molar-refractivity contribution is 7.99. The minimum absolute atomic E-state index is 0.625. The summed E-state index contributed by atoms with van der Waals surface area (Å²) in [6.45, 7) is 3.43. The van der Waals surface area contributed by atoms with Gasteiger partial charge in [-0.15, -0.1) is 11.8 Å². The van der Waals surface area contributed by atoms with Gasteiger partial charge in [-0.2, -0.15) is 0 Å². The van der Waals surface area contributed by atoms with Gasteiger partial charge in [0, 0.05) is 67.5 Å². The highest BCUT2D eigenvalue weighted by atomic mass is 32.2. The first-order chi connectivity index (χ1) is 13.3. The summed E-state index contributed by atoms with van der Waals surface area (Å²) in [5.41, 5.74) is 4.50. The third-order valence-electron chi connectivity index (χ3n) is 4.91. The summed E-state index contributed by atoms with van der Waals surface area (Å²) >= 11 is 1.96. The predicted molar refractivity (Wildman–Crippen MR) is 126 cm³/mol. The molecule has 3 aromatic rings. The van der Waals surface area contributed by atoms with Crippen LogP contribution >= 0.6 is 11.8 Å². The molecule has 150 valence electrons. The summed E-state index contributed by atoms with van der Waals surface area (Å²) in [6.07, 6.45) is 0. The summed E-state index contributed by atoms with van der Waals surface area (Å²) in [5.74, 6) is 1.72. The highest BCUT2D eigenvalue weighted by Crippen LogP contribution is 2.37. The first-order valence-electron chi connectivity index (χ1n) is 9.76. The zero-order valence-electron chi connectivity index (χ0n) is 18.2. The van der Waals surface area contributed by atoms with Crippen LogP contribution < -0.4 is 9.80 Å². The van der Waals surface area contributed by atoms with Crippen LogP contribution in [0.3, 0.4) is 0 Å². The normalized spacial score (nSPS) is 12.7. The van der Waals surface area contributed by atoms with E-state index in [0.717, 1.165) is 23.3 Å². The Morgan fingerprint density at radius 2 is 1.32 bits per heavy atom. The molecule has 0 aliphatic heterocycles. The minimum atomic E-state index is 0.625. The van der Waals surface area contributed by atoms with Crippen LogP contribution in [0, 0.1) is 5.92 Å². The van der Waals surface area contributed by atoms with Gasteiger partial charge in [0.15, 0.2) is 0 Å². The molecule has 0 bridgehead atoms. The van der Waals surface area contributed by atoms with Crippen molar-refractivity contribution in [3.63, 3.8) is 0 Å². The fourth-order valence-corrected chi connectivity index (χ4v) is 4.71. The van der Waals surface area contributed by atoms with Crippen molar-refractivity contribution >= 4 is 44.9 Å². The van der Waals surface area contributed by atoms with Gasteiger partial charge in [0.1, 0.15) is 0 Å². The topological polar surface area (TPSA) is 22.6 Å². The number of benzene rings is 2. The van der Waals surface area contributed by atoms with Crippen molar-refractivity contribution in [2.75, 3.05) is 64.4 Å². The van der Waals surface area contributed by atoms with Crippen LogP contribution in [0.1, 0.15) is 6.92 Å². The monoisotopic (exact) mass is 396 g/mol. The molecule has 0 N–H and O–H groups in total. The lowest BCUT2D eigenvalue weighted by Crippen LogP contribution is -2.21. The zero-order valence-corrected chi connectivity index (χ0v) is 19.0. The van der Waals surface area contributed by atoms with Crippen LogP contribution in [-0.2, 0) is 0 Å². The molecule has 0 fully saturated rings. The standard InChI is InChI=1S/C23H32N4S/c1-16(14-25(2)3)15-28-23-19-10-8-17(26(4)5)12-21(19)24-22-13-18(27(6)7)9-11-20(22)23/h8-13,16H,14-15H2,1-7H3/t16-/m1/s1. The third-order valence-corrected chi connectivity index (χ3v) is 6.38. The predicted octanol–water partition coefficient (Wildman–Crippen LogP) is 4.81. The second-order valence-corrected chi connectivity index (χ2v) is 9.34. The average molecular weight is 397 g/mol. The van der Waals surface area contributed by atoms with E-state index in [1.807, 2.05) is 11.8 Å². The molecule has 0 radical (unpaired) electrons. The van der Waals surface area contributed by atoms with Gasteiger partial charge >= 0.3 is 0 Å². The molecular formula is C23H32N4S. The van der Waals surface area contributed by atoms with Crippen LogP contribution in [0.2, 0.25) is 0 Å². The number of fused-ring (bicyclic) bond motifs is 2. The Hall–Kier alpha value is -1.98. The second-order valence-electron chi connectivity index (χ2n) is 8.31. The van der Waals surface area contributed by atoms with Crippen LogP contribution in [0.15, 0.2) is 41.3 Å². The number of aromatic nitrogens is 1. The Bertz CT molecular complexity index is 900. The van der Waals surface area contributed by atoms with Crippen molar-refractivity contribution in [2.45, 2.75) is 11.8 Å². The van der Waals surface area contributed by atoms with Crippen LogP contribution in [0.4, 0.5) is 11.4 Å². The van der Waals surface area contributed by atoms with E-state index in [1.54, 1.807) is 0 Å². The minimum Gasteiger partial charge on any atom is -0.378 e. The summed E-state index contributed by atoms with van der Waals surface area (Å²) in [4.78, 5) is 12.9. The lowest BCUT2D eigenvalue weighted by molar-refractivity contribution is 0.357.